The number of benzene rings is 1. The number of nitrogens with one attached hydrogen (secondary N) is 1. The lowest BCUT2D eigenvalue weighted by molar-refractivity contribution is 0.160. The fraction of sp³-hybridized carbons (Fsp3) is 0.690. The molecule has 1 aromatic rings. The maximum atomic E-state index is 8.73. The largest absolute Gasteiger partial charge is 0.309 e. The molecule has 1 nitrogen and oxygen atoms in total. The standard InChI is InChI=1S/C24H33N.2C2H6.CH3B/c1-15(2)9-10-18-14-17-7-5-6-8-19(17)20-11-12-24(4)21(22(18)20)13-16(3)23(24)25;3*1-2/h5-8,11,15-16,18,21-22,25H,9-10,12-14H2,1-4H3;2*1-2H3;1H3. The van der Waals surface area contributed by atoms with Crippen molar-refractivity contribution in [3.8, 4) is 0 Å². The number of hydrogen-bond acceptors (Lipinski definition) is 1. The zero-order valence-corrected chi connectivity index (χ0v) is 21.9. The summed E-state index contributed by atoms with van der Waals surface area (Å²) in [5.74, 6) is 3.33. The van der Waals surface area contributed by atoms with Gasteiger partial charge in [0, 0.05) is 11.1 Å². The fourth-order valence-corrected chi connectivity index (χ4v) is 6.09. The number of rotatable bonds is 3. The molecule has 3 aliphatic rings. The van der Waals surface area contributed by atoms with Gasteiger partial charge in [-0.2, -0.15) is 0 Å². The van der Waals surface area contributed by atoms with Crippen LogP contribution in [-0.4, -0.2) is 13.6 Å². The van der Waals surface area contributed by atoms with Crippen molar-refractivity contribution in [2.45, 2.75) is 94.3 Å². The highest BCUT2D eigenvalue weighted by atomic mass is 14.6. The molecular weight excluding hydrogens is 373 g/mol. The highest BCUT2D eigenvalue weighted by molar-refractivity contribution is 6.05. The fourth-order valence-electron chi connectivity index (χ4n) is 6.09. The van der Waals surface area contributed by atoms with Gasteiger partial charge in [0.25, 0.3) is 0 Å². The molecule has 1 fully saturated rings. The van der Waals surface area contributed by atoms with Crippen LogP contribution in [0.2, 0.25) is 6.82 Å². The van der Waals surface area contributed by atoms with E-state index in [-0.39, 0.29) is 5.41 Å². The third-order valence-corrected chi connectivity index (χ3v) is 7.51. The Morgan fingerprint density at radius 1 is 1.10 bits per heavy atom. The smallest absolute Gasteiger partial charge is 0.0606 e. The van der Waals surface area contributed by atoms with Crippen molar-refractivity contribution >= 4 is 19.1 Å². The summed E-state index contributed by atoms with van der Waals surface area (Å²) in [4.78, 5) is 0. The van der Waals surface area contributed by atoms with Gasteiger partial charge < -0.3 is 5.41 Å². The summed E-state index contributed by atoms with van der Waals surface area (Å²) in [5.41, 5.74) is 5.83. The lowest BCUT2D eigenvalue weighted by atomic mass is 9.56. The first-order valence-corrected chi connectivity index (χ1v) is 12.9. The normalized spacial score (nSPS) is 30.1. The van der Waals surface area contributed by atoms with E-state index in [1.54, 1.807) is 11.1 Å². The predicted octanol–water partition coefficient (Wildman–Crippen LogP) is 8.64. The summed E-state index contributed by atoms with van der Waals surface area (Å²) >= 11 is 0. The van der Waals surface area contributed by atoms with Crippen molar-refractivity contribution in [1.82, 2.24) is 0 Å². The van der Waals surface area contributed by atoms with Gasteiger partial charge in [0.1, 0.15) is 0 Å². The van der Waals surface area contributed by atoms with Crippen LogP contribution in [-0.2, 0) is 6.42 Å². The number of allylic oxidation sites excluding steroid dienone is 2. The lowest BCUT2D eigenvalue weighted by Gasteiger charge is -2.48. The van der Waals surface area contributed by atoms with Crippen LogP contribution in [0.3, 0.4) is 0 Å². The molecule has 0 saturated heterocycles. The molecule has 3 aliphatic carbocycles. The first-order valence-electron chi connectivity index (χ1n) is 12.9. The van der Waals surface area contributed by atoms with Crippen LogP contribution in [0.4, 0.5) is 0 Å². The summed E-state index contributed by atoms with van der Waals surface area (Å²) in [5, 5.41) is 8.73. The first-order chi connectivity index (χ1) is 14.9. The third-order valence-electron chi connectivity index (χ3n) is 7.51. The van der Waals surface area contributed by atoms with E-state index in [1.807, 2.05) is 27.7 Å². The van der Waals surface area contributed by atoms with Crippen molar-refractivity contribution < 1.29 is 0 Å². The van der Waals surface area contributed by atoms with Crippen LogP contribution >= 0.6 is 0 Å². The highest BCUT2D eigenvalue weighted by Crippen LogP contribution is 2.60. The Hall–Kier alpha value is -1.31. The predicted molar refractivity (Wildman–Crippen MR) is 141 cm³/mol. The second-order valence-electron chi connectivity index (χ2n) is 9.56. The van der Waals surface area contributed by atoms with Crippen molar-refractivity contribution in [2.75, 3.05) is 0 Å². The second kappa shape index (κ2) is 12.7. The molecule has 0 aliphatic heterocycles. The minimum Gasteiger partial charge on any atom is -0.309 e. The number of fused-ring (bicyclic) bond motifs is 5. The van der Waals surface area contributed by atoms with Crippen molar-refractivity contribution in [3.05, 3.63) is 41.5 Å². The topological polar surface area (TPSA) is 23.9 Å². The van der Waals surface area contributed by atoms with E-state index in [0.717, 1.165) is 24.0 Å². The minimum atomic E-state index is 0.107. The van der Waals surface area contributed by atoms with Crippen LogP contribution in [0.15, 0.2) is 30.3 Å². The summed E-state index contributed by atoms with van der Waals surface area (Å²) < 4.78 is 0. The van der Waals surface area contributed by atoms with Crippen molar-refractivity contribution in [3.63, 3.8) is 0 Å². The molecular formula is C29H48BN. The second-order valence-corrected chi connectivity index (χ2v) is 9.56. The average Bonchev–Trinajstić information content (AvgIpc) is 3.05. The van der Waals surface area contributed by atoms with Gasteiger partial charge >= 0.3 is 0 Å². The van der Waals surface area contributed by atoms with Crippen LogP contribution < -0.4 is 0 Å². The zero-order chi connectivity index (χ0) is 23.8. The van der Waals surface area contributed by atoms with Gasteiger partial charge in [-0.25, -0.2) is 0 Å². The molecule has 0 heterocycles. The van der Waals surface area contributed by atoms with Gasteiger partial charge in [-0.05, 0) is 72.0 Å². The van der Waals surface area contributed by atoms with Gasteiger partial charge in [-0.3, -0.25) is 0 Å². The summed E-state index contributed by atoms with van der Waals surface area (Å²) in [6.07, 6.45) is 8.71. The molecule has 172 valence electrons. The Labute approximate surface area is 195 Å². The van der Waals surface area contributed by atoms with Crippen molar-refractivity contribution in [1.29, 1.82) is 5.41 Å². The first kappa shape index (κ1) is 27.7. The molecule has 1 saturated carbocycles. The van der Waals surface area contributed by atoms with Crippen LogP contribution in [0.1, 0.15) is 92.2 Å². The monoisotopic (exact) mass is 421 g/mol. The molecule has 0 bridgehead atoms. The third kappa shape index (κ3) is 5.55. The zero-order valence-electron chi connectivity index (χ0n) is 21.9. The Morgan fingerprint density at radius 2 is 1.71 bits per heavy atom. The van der Waals surface area contributed by atoms with Gasteiger partial charge in [-0.15, -0.1) is 0 Å². The van der Waals surface area contributed by atoms with E-state index in [2.05, 4.69) is 65.9 Å². The Balaban J connectivity index is 0.000000739. The lowest BCUT2D eigenvalue weighted by Crippen LogP contribution is -2.42. The summed E-state index contributed by atoms with van der Waals surface area (Å²) in [7, 11) is 4.50. The van der Waals surface area contributed by atoms with Gasteiger partial charge in [0.05, 0.1) is 7.85 Å². The average molecular weight is 422 g/mol. The van der Waals surface area contributed by atoms with E-state index in [1.165, 1.54) is 38.1 Å². The van der Waals surface area contributed by atoms with Gasteiger partial charge in [-0.1, -0.05) is 99.0 Å². The molecule has 2 radical (unpaired) electrons. The van der Waals surface area contributed by atoms with E-state index < -0.39 is 0 Å². The maximum Gasteiger partial charge on any atom is 0.0606 e. The maximum absolute atomic E-state index is 8.73. The number of hydrogen-bond donors (Lipinski definition) is 1. The quantitative estimate of drug-likeness (QED) is 0.472. The van der Waals surface area contributed by atoms with E-state index in [0.29, 0.717) is 17.8 Å². The SMILES string of the molecule is CC.CC.CC(C)CCC1Cc2ccccc2C2=CCC3(C)C(=N)C(C)CC3C21.[B]C. The Bertz CT molecular complexity index is 719. The van der Waals surface area contributed by atoms with Crippen LogP contribution in [0.5, 0.6) is 0 Å². The molecule has 4 rings (SSSR count). The van der Waals surface area contributed by atoms with Gasteiger partial charge in [0.15, 0.2) is 0 Å². The summed E-state index contributed by atoms with van der Waals surface area (Å²) in [6.45, 7) is 18.9. The van der Waals surface area contributed by atoms with Crippen LogP contribution in [0, 0.1) is 40.4 Å². The minimum absolute atomic E-state index is 0.107. The molecule has 1 aromatic carbocycles. The molecule has 2 heteroatoms. The van der Waals surface area contributed by atoms with E-state index in [9.17, 15) is 0 Å². The molecule has 5 atom stereocenters. The molecule has 0 aromatic heterocycles. The molecule has 5 unspecified atom stereocenters. The van der Waals surface area contributed by atoms with Gasteiger partial charge in [0.2, 0.25) is 0 Å². The van der Waals surface area contributed by atoms with E-state index >= 15 is 0 Å². The van der Waals surface area contributed by atoms with Crippen molar-refractivity contribution in [2.24, 2.45) is 35.0 Å². The van der Waals surface area contributed by atoms with E-state index in [4.69, 9.17) is 5.41 Å². The van der Waals surface area contributed by atoms with Crippen LogP contribution in [0.25, 0.3) is 5.57 Å². The molecule has 0 amide bonds. The molecule has 31 heavy (non-hydrogen) atoms. The Kier molecular flexibility index (Phi) is 11.3. The highest BCUT2D eigenvalue weighted by Gasteiger charge is 2.54. The summed E-state index contributed by atoms with van der Waals surface area (Å²) in [6, 6.07) is 9.11. The molecule has 1 N–H and O–H groups in total. The Morgan fingerprint density at radius 3 is 2.32 bits per heavy atom. The molecule has 0 spiro atoms.